The molecule has 2 heterocycles. The van der Waals surface area contributed by atoms with Crippen LogP contribution in [0, 0.1) is 0 Å². The van der Waals surface area contributed by atoms with Crippen LogP contribution in [0.25, 0.3) is 0 Å². The maximum Gasteiger partial charge on any atom is 0.182 e. The van der Waals surface area contributed by atoms with Crippen molar-refractivity contribution in [3.8, 4) is 0 Å². The second-order valence-corrected chi connectivity index (χ2v) is 3.90. The van der Waals surface area contributed by atoms with E-state index in [1.807, 2.05) is 4.90 Å². The number of ether oxygens (including phenoxy) is 2. The van der Waals surface area contributed by atoms with Crippen molar-refractivity contribution in [3.63, 3.8) is 0 Å². The molecule has 0 aromatic carbocycles. The molecule has 2 fully saturated rings. The van der Waals surface area contributed by atoms with E-state index in [4.69, 9.17) is 14.6 Å². The SMILES string of the molecule is OC(CF)CN1CCC2(C1)OCCO2. The lowest BCUT2D eigenvalue weighted by Gasteiger charge is -2.23. The fourth-order valence-electron chi connectivity index (χ4n) is 2.06. The third kappa shape index (κ3) is 2.06. The van der Waals surface area contributed by atoms with E-state index < -0.39 is 18.6 Å². The maximum absolute atomic E-state index is 12.1. The summed E-state index contributed by atoms with van der Waals surface area (Å²) in [6.45, 7) is 2.40. The predicted octanol–water partition coefficient (Wildman–Crippen LogP) is -0.234. The average Bonchev–Trinajstić information content (AvgIpc) is 2.78. The summed E-state index contributed by atoms with van der Waals surface area (Å²) in [6.07, 6.45) is -0.0713. The summed E-state index contributed by atoms with van der Waals surface area (Å²) in [4.78, 5) is 1.98. The van der Waals surface area contributed by atoms with E-state index in [0.717, 1.165) is 13.0 Å². The molecule has 1 spiro atoms. The zero-order valence-electron chi connectivity index (χ0n) is 8.12. The highest BCUT2D eigenvalue weighted by molar-refractivity contribution is 4.87. The lowest BCUT2D eigenvalue weighted by molar-refractivity contribution is -0.146. The number of aliphatic hydroxyl groups excluding tert-OH is 1. The van der Waals surface area contributed by atoms with Crippen LogP contribution in [0.1, 0.15) is 6.42 Å². The fourth-order valence-corrected chi connectivity index (χ4v) is 2.06. The molecule has 2 aliphatic heterocycles. The fraction of sp³-hybridized carbons (Fsp3) is 1.00. The van der Waals surface area contributed by atoms with Gasteiger partial charge in [-0.2, -0.15) is 0 Å². The molecule has 0 aliphatic carbocycles. The number of nitrogens with zero attached hydrogens (tertiary/aromatic N) is 1. The van der Waals surface area contributed by atoms with Crippen molar-refractivity contribution in [1.29, 1.82) is 0 Å². The van der Waals surface area contributed by atoms with Gasteiger partial charge in [-0.15, -0.1) is 0 Å². The lowest BCUT2D eigenvalue weighted by Crippen LogP contribution is -2.37. The molecular formula is C9H16FNO3. The van der Waals surface area contributed by atoms with Crippen LogP contribution in [0.15, 0.2) is 0 Å². The van der Waals surface area contributed by atoms with Gasteiger partial charge in [-0.25, -0.2) is 4.39 Å². The highest BCUT2D eigenvalue weighted by Crippen LogP contribution is 2.30. The molecule has 1 N–H and O–H groups in total. The molecule has 0 amide bonds. The van der Waals surface area contributed by atoms with E-state index in [1.54, 1.807) is 0 Å². The van der Waals surface area contributed by atoms with Gasteiger partial charge in [0.25, 0.3) is 0 Å². The van der Waals surface area contributed by atoms with Crippen molar-refractivity contribution >= 4 is 0 Å². The molecule has 0 bridgehead atoms. The molecule has 5 heteroatoms. The number of likely N-dealkylation sites (tertiary alicyclic amines) is 1. The standard InChI is InChI=1S/C9H16FNO3/c10-5-8(12)6-11-2-1-9(7-11)13-3-4-14-9/h8,12H,1-7H2. The summed E-state index contributed by atoms with van der Waals surface area (Å²) in [7, 11) is 0. The van der Waals surface area contributed by atoms with E-state index in [0.29, 0.717) is 26.3 Å². The normalized spacial score (nSPS) is 28.7. The number of hydrogen-bond donors (Lipinski definition) is 1. The summed E-state index contributed by atoms with van der Waals surface area (Å²) >= 11 is 0. The molecule has 2 rings (SSSR count). The van der Waals surface area contributed by atoms with Gasteiger partial charge >= 0.3 is 0 Å². The summed E-state index contributed by atoms with van der Waals surface area (Å²) in [5.41, 5.74) is 0. The molecule has 82 valence electrons. The number of hydrogen-bond acceptors (Lipinski definition) is 4. The second kappa shape index (κ2) is 4.10. The van der Waals surface area contributed by atoms with Gasteiger partial charge in [-0.05, 0) is 0 Å². The number of halogens is 1. The number of aliphatic hydroxyl groups is 1. The molecule has 2 aliphatic rings. The Labute approximate surface area is 82.6 Å². The molecule has 1 unspecified atom stereocenters. The van der Waals surface area contributed by atoms with Gasteiger partial charge in [0.15, 0.2) is 5.79 Å². The first-order chi connectivity index (χ1) is 6.74. The van der Waals surface area contributed by atoms with Gasteiger partial charge < -0.3 is 14.6 Å². The van der Waals surface area contributed by atoms with E-state index in [9.17, 15) is 4.39 Å². The molecule has 2 saturated heterocycles. The van der Waals surface area contributed by atoms with Crippen LogP contribution in [0.5, 0.6) is 0 Å². The summed E-state index contributed by atoms with van der Waals surface area (Å²) < 4.78 is 23.1. The topological polar surface area (TPSA) is 41.9 Å². The second-order valence-electron chi connectivity index (χ2n) is 3.90. The first-order valence-corrected chi connectivity index (χ1v) is 4.98. The Hall–Kier alpha value is -0.230. The quantitative estimate of drug-likeness (QED) is 0.691. The van der Waals surface area contributed by atoms with E-state index in [-0.39, 0.29) is 0 Å². The zero-order chi connectivity index (χ0) is 10.0. The van der Waals surface area contributed by atoms with Crippen LogP contribution in [0.3, 0.4) is 0 Å². The molecule has 0 aromatic rings. The Kier molecular flexibility index (Phi) is 3.02. The Balaban J connectivity index is 1.82. The highest BCUT2D eigenvalue weighted by atomic mass is 19.1. The number of alkyl halides is 1. The summed E-state index contributed by atoms with van der Waals surface area (Å²) in [6, 6.07) is 0. The van der Waals surface area contributed by atoms with Gasteiger partial charge in [0.05, 0.1) is 25.9 Å². The van der Waals surface area contributed by atoms with E-state index >= 15 is 0 Å². The maximum atomic E-state index is 12.1. The van der Waals surface area contributed by atoms with Gasteiger partial charge in [0, 0.05) is 19.5 Å². The third-order valence-corrected chi connectivity index (χ3v) is 2.73. The van der Waals surface area contributed by atoms with Gasteiger partial charge in [0.1, 0.15) is 6.67 Å². The van der Waals surface area contributed by atoms with E-state index in [1.165, 1.54) is 0 Å². The highest BCUT2D eigenvalue weighted by Gasteiger charge is 2.43. The monoisotopic (exact) mass is 205 g/mol. The van der Waals surface area contributed by atoms with Crippen molar-refractivity contribution in [2.24, 2.45) is 0 Å². The van der Waals surface area contributed by atoms with Crippen LogP contribution in [0.4, 0.5) is 4.39 Å². The van der Waals surface area contributed by atoms with Gasteiger partial charge in [-0.3, -0.25) is 4.90 Å². The minimum Gasteiger partial charge on any atom is -0.389 e. The lowest BCUT2D eigenvalue weighted by atomic mass is 10.2. The van der Waals surface area contributed by atoms with Crippen LogP contribution < -0.4 is 0 Å². The third-order valence-electron chi connectivity index (χ3n) is 2.73. The smallest absolute Gasteiger partial charge is 0.182 e. The molecule has 4 nitrogen and oxygen atoms in total. The van der Waals surface area contributed by atoms with Gasteiger partial charge in [0.2, 0.25) is 0 Å². The van der Waals surface area contributed by atoms with Crippen LogP contribution in [-0.2, 0) is 9.47 Å². The van der Waals surface area contributed by atoms with Crippen molar-refractivity contribution < 1.29 is 19.0 Å². The number of β-amino-alcohol motifs (C(OH)–C–C–N with tert-alkyl or cyclic N) is 1. The largest absolute Gasteiger partial charge is 0.389 e. The Morgan fingerprint density at radius 2 is 2.14 bits per heavy atom. The Bertz CT molecular complexity index is 196. The molecule has 14 heavy (non-hydrogen) atoms. The van der Waals surface area contributed by atoms with Gasteiger partial charge in [-0.1, -0.05) is 0 Å². The van der Waals surface area contributed by atoms with Crippen LogP contribution >= 0.6 is 0 Å². The molecular weight excluding hydrogens is 189 g/mol. The summed E-state index contributed by atoms with van der Waals surface area (Å²) in [5.74, 6) is -0.462. The Morgan fingerprint density at radius 1 is 1.43 bits per heavy atom. The summed E-state index contributed by atoms with van der Waals surface area (Å²) in [5, 5.41) is 9.15. The number of rotatable bonds is 3. The minimum absolute atomic E-state index is 0.366. The van der Waals surface area contributed by atoms with Crippen molar-refractivity contribution in [1.82, 2.24) is 4.90 Å². The molecule has 0 saturated carbocycles. The minimum atomic E-state index is -0.883. The van der Waals surface area contributed by atoms with Crippen LogP contribution in [0.2, 0.25) is 0 Å². The molecule has 0 aromatic heterocycles. The van der Waals surface area contributed by atoms with E-state index in [2.05, 4.69) is 0 Å². The average molecular weight is 205 g/mol. The molecule has 0 radical (unpaired) electrons. The predicted molar refractivity (Wildman–Crippen MR) is 47.7 cm³/mol. The van der Waals surface area contributed by atoms with Crippen molar-refractivity contribution in [2.45, 2.75) is 18.3 Å². The van der Waals surface area contributed by atoms with Crippen LogP contribution in [-0.4, -0.2) is 61.4 Å². The first-order valence-electron chi connectivity index (χ1n) is 4.98. The van der Waals surface area contributed by atoms with Crippen molar-refractivity contribution in [3.05, 3.63) is 0 Å². The molecule has 1 atom stereocenters. The first kappa shape index (κ1) is 10.3. The van der Waals surface area contributed by atoms with Crippen molar-refractivity contribution in [2.75, 3.05) is 39.5 Å². The Morgan fingerprint density at radius 3 is 2.79 bits per heavy atom. The zero-order valence-corrected chi connectivity index (χ0v) is 8.12.